The van der Waals surface area contributed by atoms with Gasteiger partial charge in [-0.3, -0.25) is 4.79 Å². The summed E-state index contributed by atoms with van der Waals surface area (Å²) in [5.74, 6) is -2.78. The summed E-state index contributed by atoms with van der Waals surface area (Å²) in [5.41, 5.74) is 3.46. The molecule has 1 aliphatic rings. The van der Waals surface area contributed by atoms with Crippen molar-refractivity contribution in [3.63, 3.8) is 0 Å². The Balaban J connectivity index is 1.51. The van der Waals surface area contributed by atoms with Crippen molar-refractivity contribution in [2.45, 2.75) is 23.8 Å². The summed E-state index contributed by atoms with van der Waals surface area (Å²) in [4.78, 5) is 24.0. The van der Waals surface area contributed by atoms with E-state index in [0.717, 1.165) is 11.1 Å². The van der Waals surface area contributed by atoms with Crippen molar-refractivity contribution < 1.29 is 28.2 Å². The quantitative estimate of drug-likeness (QED) is 0.260. The van der Waals surface area contributed by atoms with Gasteiger partial charge in [0.15, 0.2) is 4.87 Å². The molecule has 0 heterocycles. The molecule has 0 radical (unpaired) electrons. The monoisotopic (exact) mass is 557 g/mol. The molecule has 3 aromatic rings. The number of hydrogen-bond donors (Lipinski definition) is 2. The van der Waals surface area contributed by atoms with Crippen LogP contribution in [0.5, 0.6) is 0 Å². The number of ether oxygens (including phenoxy) is 1. The Hall–Kier alpha value is -3.68. The van der Waals surface area contributed by atoms with E-state index < -0.39 is 34.4 Å². The number of esters is 1. The van der Waals surface area contributed by atoms with E-state index in [9.17, 15) is 23.5 Å². The Morgan fingerprint density at radius 3 is 2.26 bits per heavy atom. The number of nitrogens with one attached hydrogen (secondary N) is 1. The summed E-state index contributed by atoms with van der Waals surface area (Å²) in [6.07, 6.45) is 2.91. The first-order valence-corrected chi connectivity index (χ1v) is 12.3. The number of halogens is 4. The van der Waals surface area contributed by atoms with Crippen molar-refractivity contribution in [2.24, 2.45) is 0 Å². The second-order valence-corrected chi connectivity index (χ2v) is 9.86. The van der Waals surface area contributed by atoms with Crippen LogP contribution in [0.1, 0.15) is 17.5 Å². The highest BCUT2D eigenvalue weighted by atomic mass is 35.5. The average molecular weight is 558 g/mol. The third-order valence-corrected chi connectivity index (χ3v) is 7.08. The lowest BCUT2D eigenvalue weighted by Crippen LogP contribution is -2.52. The number of rotatable bonds is 7. The molecule has 9 heteroatoms. The first-order chi connectivity index (χ1) is 18.1. The minimum Gasteiger partial charge on any atom is -0.510 e. The van der Waals surface area contributed by atoms with Gasteiger partial charge in [-0.05, 0) is 58.2 Å². The van der Waals surface area contributed by atoms with Crippen molar-refractivity contribution >= 4 is 40.7 Å². The molecule has 0 bridgehead atoms. The molecule has 1 amide bonds. The Bertz CT molecular complexity index is 1420. The highest BCUT2D eigenvalue weighted by Crippen LogP contribution is 2.39. The molecule has 196 valence electrons. The summed E-state index contributed by atoms with van der Waals surface area (Å²) in [6.45, 7) is 0. The van der Waals surface area contributed by atoms with E-state index in [1.165, 1.54) is 37.5 Å². The number of allylic oxidation sites excluding steroid dienone is 3. The van der Waals surface area contributed by atoms with Crippen molar-refractivity contribution in [1.82, 2.24) is 5.32 Å². The molecule has 2 atom stereocenters. The molecule has 1 unspecified atom stereocenters. The van der Waals surface area contributed by atoms with Gasteiger partial charge < -0.3 is 15.2 Å². The third kappa shape index (κ3) is 5.90. The van der Waals surface area contributed by atoms with Crippen LogP contribution in [-0.2, 0) is 20.7 Å². The van der Waals surface area contributed by atoms with Gasteiger partial charge in [0.1, 0.15) is 23.4 Å². The van der Waals surface area contributed by atoms with Crippen LogP contribution in [0.3, 0.4) is 0 Å². The minimum atomic E-state index is -1.88. The molecular formula is C29H23Cl2F2NO4. The van der Waals surface area contributed by atoms with E-state index in [4.69, 9.17) is 27.9 Å². The van der Waals surface area contributed by atoms with Crippen molar-refractivity contribution in [3.05, 3.63) is 112 Å². The lowest BCUT2D eigenvalue weighted by Gasteiger charge is -2.30. The molecule has 0 saturated carbocycles. The number of methoxy groups -OCH3 is 1. The van der Waals surface area contributed by atoms with E-state index in [1.54, 1.807) is 48.5 Å². The summed E-state index contributed by atoms with van der Waals surface area (Å²) < 4.78 is 31.7. The van der Waals surface area contributed by atoms with Crippen LogP contribution in [0.2, 0.25) is 5.02 Å². The maximum absolute atomic E-state index is 13.5. The minimum absolute atomic E-state index is 0.00694. The molecule has 0 saturated heterocycles. The summed E-state index contributed by atoms with van der Waals surface area (Å²) in [5, 5.41) is 13.1. The van der Waals surface area contributed by atoms with Gasteiger partial charge in [0.25, 0.3) is 0 Å². The van der Waals surface area contributed by atoms with Crippen molar-refractivity contribution in [3.8, 4) is 11.1 Å². The fourth-order valence-electron chi connectivity index (χ4n) is 4.14. The summed E-state index contributed by atoms with van der Waals surface area (Å²) in [6, 6.07) is 16.1. The van der Waals surface area contributed by atoms with Crippen LogP contribution < -0.4 is 5.32 Å². The second kappa shape index (κ2) is 11.4. The van der Waals surface area contributed by atoms with E-state index in [-0.39, 0.29) is 23.6 Å². The number of aliphatic hydroxyl groups is 1. The molecular weight excluding hydrogens is 535 g/mol. The number of amides is 1. The Morgan fingerprint density at radius 1 is 1.00 bits per heavy atom. The Labute approximate surface area is 228 Å². The van der Waals surface area contributed by atoms with Crippen LogP contribution in [0.25, 0.3) is 16.7 Å². The predicted molar refractivity (Wildman–Crippen MR) is 143 cm³/mol. The smallest absolute Gasteiger partial charge is 0.328 e. The predicted octanol–water partition coefficient (Wildman–Crippen LogP) is 6.39. The van der Waals surface area contributed by atoms with E-state index in [2.05, 4.69) is 5.32 Å². The summed E-state index contributed by atoms with van der Waals surface area (Å²) >= 11 is 12.5. The van der Waals surface area contributed by atoms with Crippen molar-refractivity contribution in [1.29, 1.82) is 0 Å². The Kier molecular flexibility index (Phi) is 8.19. The van der Waals surface area contributed by atoms with Crippen LogP contribution in [-0.4, -0.2) is 35.0 Å². The molecule has 3 aromatic carbocycles. The first-order valence-electron chi connectivity index (χ1n) is 11.6. The molecule has 0 fully saturated rings. The van der Waals surface area contributed by atoms with E-state index in [1.807, 2.05) is 0 Å². The number of benzene rings is 3. The number of carbonyl (C=O) groups is 2. The first kappa shape index (κ1) is 27.4. The van der Waals surface area contributed by atoms with Gasteiger partial charge in [-0.15, -0.1) is 0 Å². The van der Waals surface area contributed by atoms with Gasteiger partial charge >= 0.3 is 5.97 Å². The highest BCUT2D eigenvalue weighted by molar-refractivity contribution is 6.38. The number of aliphatic hydroxyl groups excluding tert-OH is 1. The zero-order valence-electron chi connectivity index (χ0n) is 20.2. The fraction of sp³-hybridized carbons (Fsp3) is 0.172. The zero-order chi connectivity index (χ0) is 27.4. The molecule has 4 rings (SSSR count). The maximum atomic E-state index is 13.5. The number of carbonyl (C=O) groups excluding carboxylic acids is 2. The van der Waals surface area contributed by atoms with Gasteiger partial charge in [-0.1, -0.05) is 71.7 Å². The van der Waals surface area contributed by atoms with Crippen LogP contribution in [0, 0.1) is 11.6 Å². The Morgan fingerprint density at radius 2 is 1.63 bits per heavy atom. The van der Waals surface area contributed by atoms with Crippen molar-refractivity contribution in [2.75, 3.05) is 7.11 Å². The largest absolute Gasteiger partial charge is 0.510 e. The second-order valence-electron chi connectivity index (χ2n) is 8.81. The van der Waals surface area contributed by atoms with Gasteiger partial charge in [-0.25, -0.2) is 13.6 Å². The molecule has 2 N–H and O–H groups in total. The van der Waals surface area contributed by atoms with Crippen LogP contribution >= 0.6 is 23.2 Å². The highest BCUT2D eigenvalue weighted by Gasteiger charge is 2.44. The molecule has 0 aromatic heterocycles. The van der Waals surface area contributed by atoms with Crippen LogP contribution in [0.4, 0.5) is 8.78 Å². The third-order valence-electron chi connectivity index (χ3n) is 6.30. The zero-order valence-corrected chi connectivity index (χ0v) is 21.7. The fourth-order valence-corrected chi connectivity index (χ4v) is 4.58. The lowest BCUT2D eigenvalue weighted by molar-refractivity contribution is -0.145. The van der Waals surface area contributed by atoms with Gasteiger partial charge in [0.2, 0.25) is 5.91 Å². The normalized spacial score (nSPS) is 17.7. The molecule has 0 aliphatic heterocycles. The maximum Gasteiger partial charge on any atom is 0.328 e. The average Bonchev–Trinajstić information content (AvgIpc) is 2.91. The molecule has 1 aliphatic carbocycles. The van der Waals surface area contributed by atoms with Gasteiger partial charge in [-0.2, -0.15) is 0 Å². The SMILES string of the molecule is COC(=O)[C@H](Cc1ccc(-c2ccc(F)c(Cl)c2)cc1)NC(=O)C1(Cl)CC(c2ccc(F)cc2)=CC=C1O. The topological polar surface area (TPSA) is 75.6 Å². The van der Waals surface area contributed by atoms with Gasteiger partial charge in [0.05, 0.1) is 12.1 Å². The van der Waals surface area contributed by atoms with E-state index >= 15 is 0 Å². The van der Waals surface area contributed by atoms with E-state index in [0.29, 0.717) is 16.7 Å². The van der Waals surface area contributed by atoms with Crippen LogP contribution in [0.15, 0.2) is 84.6 Å². The van der Waals surface area contributed by atoms with Gasteiger partial charge in [0, 0.05) is 12.8 Å². The summed E-state index contributed by atoms with van der Waals surface area (Å²) in [7, 11) is 1.20. The lowest BCUT2D eigenvalue weighted by atomic mass is 9.87. The molecule has 5 nitrogen and oxygen atoms in total. The number of alkyl halides is 1. The molecule has 0 spiro atoms. The number of hydrogen-bond acceptors (Lipinski definition) is 4. The molecule has 38 heavy (non-hydrogen) atoms. The standard InChI is InChI=1S/C29H23Cl2F2NO4/c1-38-27(36)25(14-17-2-4-18(5-3-17)20-8-12-24(33)23(30)15-20)34-28(37)29(31)16-21(9-13-26(29)35)19-6-10-22(32)11-7-19/h2-13,15,25,35H,14,16H2,1H3,(H,34,37)/t25-,29?/m0/s1.